The van der Waals surface area contributed by atoms with Crippen LogP contribution in [0.3, 0.4) is 0 Å². The van der Waals surface area contributed by atoms with Crippen molar-refractivity contribution in [2.24, 2.45) is 5.92 Å². The summed E-state index contributed by atoms with van der Waals surface area (Å²) >= 11 is 1.87. The second-order valence-corrected chi connectivity index (χ2v) is 15.1. The number of hydrogen-bond donors (Lipinski definition) is 1. The number of aromatic nitrogens is 2. The van der Waals surface area contributed by atoms with Crippen LogP contribution in [-0.2, 0) is 14.8 Å². The zero-order chi connectivity index (χ0) is 32.6. The van der Waals surface area contributed by atoms with Gasteiger partial charge in [-0.1, -0.05) is 56.1 Å². The van der Waals surface area contributed by atoms with Crippen LogP contribution in [0.1, 0.15) is 48.2 Å². The first kappa shape index (κ1) is 34.8. The van der Waals surface area contributed by atoms with Crippen LogP contribution in [0.25, 0.3) is 11.3 Å². The van der Waals surface area contributed by atoms with Crippen LogP contribution in [0.2, 0.25) is 0 Å². The van der Waals surface area contributed by atoms with Gasteiger partial charge in [-0.25, -0.2) is 22.4 Å². The Morgan fingerprint density at radius 3 is 2.56 bits per heavy atom. The van der Waals surface area contributed by atoms with E-state index in [-0.39, 0.29) is 28.3 Å². The minimum absolute atomic E-state index is 0.0565. The van der Waals surface area contributed by atoms with Crippen molar-refractivity contribution in [1.82, 2.24) is 19.2 Å². The lowest BCUT2D eigenvalue weighted by molar-refractivity contribution is 0.112. The van der Waals surface area contributed by atoms with Gasteiger partial charge in [0, 0.05) is 42.6 Å². The van der Waals surface area contributed by atoms with Crippen LogP contribution in [0.15, 0.2) is 53.4 Å². The summed E-state index contributed by atoms with van der Waals surface area (Å²) in [4.78, 5) is 22.8. The average Bonchev–Trinajstić information content (AvgIpc) is 3.44. The monoisotopic (exact) mass is 655 g/mol. The van der Waals surface area contributed by atoms with Crippen molar-refractivity contribution in [1.29, 1.82) is 0 Å². The summed E-state index contributed by atoms with van der Waals surface area (Å²) in [5.74, 6) is 0.621. The molecule has 3 aromatic rings. The molecule has 1 aromatic heterocycles. The van der Waals surface area contributed by atoms with Gasteiger partial charge in [0.15, 0.2) is 0 Å². The molecule has 4 rings (SSSR count). The highest BCUT2D eigenvalue weighted by Crippen LogP contribution is 2.31. The summed E-state index contributed by atoms with van der Waals surface area (Å²) < 4.78 is 43.1. The fourth-order valence-corrected chi connectivity index (χ4v) is 7.78. The molecule has 1 aliphatic rings. The Balaban J connectivity index is 1.58. The number of nitrogens with one attached hydrogen (secondary N) is 1. The van der Waals surface area contributed by atoms with E-state index in [2.05, 4.69) is 44.8 Å². The minimum atomic E-state index is -4.08. The van der Waals surface area contributed by atoms with E-state index >= 15 is 0 Å². The number of hydrogen-bond acceptors (Lipinski definition) is 10. The van der Waals surface area contributed by atoms with Crippen molar-refractivity contribution in [2.75, 3.05) is 51.7 Å². The van der Waals surface area contributed by atoms with E-state index in [9.17, 15) is 13.2 Å². The smallest absolute Gasteiger partial charge is 0.264 e. The van der Waals surface area contributed by atoms with E-state index in [4.69, 9.17) is 9.47 Å². The van der Waals surface area contributed by atoms with Crippen LogP contribution < -0.4 is 9.46 Å². The van der Waals surface area contributed by atoms with E-state index in [0.717, 1.165) is 55.8 Å². The van der Waals surface area contributed by atoms with Gasteiger partial charge in [0.05, 0.1) is 23.2 Å². The van der Waals surface area contributed by atoms with E-state index in [1.54, 1.807) is 19.2 Å². The van der Waals surface area contributed by atoms with Crippen molar-refractivity contribution in [3.8, 4) is 17.1 Å². The lowest BCUT2D eigenvalue weighted by Crippen LogP contribution is -2.35. The number of carbonyl (C=O) groups is 1. The highest BCUT2D eigenvalue weighted by Gasteiger charge is 2.28. The number of anilines is 1. The number of likely N-dealkylation sites (N-methyl/N-ethyl adjacent to an activating group) is 1. The number of benzene rings is 2. The zero-order valence-electron chi connectivity index (χ0n) is 27.0. The van der Waals surface area contributed by atoms with Gasteiger partial charge < -0.3 is 9.47 Å². The second kappa shape index (κ2) is 16.0. The molecule has 244 valence electrons. The number of ether oxygens (including phenoxy) is 2. The maximum atomic E-state index is 13.3. The molecule has 12 heteroatoms. The third-order valence-electron chi connectivity index (χ3n) is 7.81. The summed E-state index contributed by atoms with van der Waals surface area (Å²) in [5.41, 5.74) is 3.69. The maximum absolute atomic E-state index is 13.3. The van der Waals surface area contributed by atoms with Gasteiger partial charge in [-0.15, -0.1) is 0 Å². The van der Waals surface area contributed by atoms with Crippen molar-refractivity contribution in [2.45, 2.75) is 56.7 Å². The van der Waals surface area contributed by atoms with Gasteiger partial charge in [-0.2, -0.15) is 4.98 Å². The Labute approximate surface area is 272 Å². The molecule has 2 heterocycles. The fourth-order valence-electron chi connectivity index (χ4n) is 5.50. The Hall–Kier alpha value is -3.03. The summed E-state index contributed by atoms with van der Waals surface area (Å²) in [7, 11) is -0.223. The molecule has 0 amide bonds. The van der Waals surface area contributed by atoms with Crippen LogP contribution >= 0.6 is 11.9 Å². The fraction of sp³-hybridized carbons (Fsp3) is 0.485. The summed E-state index contributed by atoms with van der Waals surface area (Å²) in [5, 5.41) is 0.495. The van der Waals surface area contributed by atoms with Gasteiger partial charge in [-0.3, -0.25) is 9.69 Å². The first-order valence-electron chi connectivity index (χ1n) is 15.3. The standard InChI is InChI=1S/C33H45N5O5S2/c1-23(2)17-27(37(5)44-28-13-14-38(20-28)15-16-42-6)22-43-31-19-30(32-24(3)9-7-10-25(32)4)34-33(35-31)36-45(40,41)29-12-8-11-26(18-29)21-39/h7-12,18-19,21,23,27-28H,13-17,20,22H2,1-6H3,(H,34,35,36)/t27-,28?/m1/s1. The summed E-state index contributed by atoms with van der Waals surface area (Å²) in [6.07, 6.45) is 2.65. The molecular weight excluding hydrogens is 611 g/mol. The Kier molecular flexibility index (Phi) is 12.4. The van der Waals surface area contributed by atoms with Crippen molar-refractivity contribution < 1.29 is 22.7 Å². The maximum Gasteiger partial charge on any atom is 0.264 e. The molecule has 2 atom stereocenters. The molecule has 45 heavy (non-hydrogen) atoms. The first-order chi connectivity index (χ1) is 21.5. The number of sulfonamides is 1. The Bertz CT molecular complexity index is 1530. The van der Waals surface area contributed by atoms with E-state index in [1.165, 1.54) is 18.2 Å². The Morgan fingerprint density at radius 1 is 1.13 bits per heavy atom. The van der Waals surface area contributed by atoms with Gasteiger partial charge in [0.2, 0.25) is 11.8 Å². The molecule has 1 saturated heterocycles. The van der Waals surface area contributed by atoms with Crippen LogP contribution in [0, 0.1) is 19.8 Å². The molecule has 2 aromatic carbocycles. The molecule has 1 fully saturated rings. The van der Waals surface area contributed by atoms with Crippen molar-refractivity contribution in [3.63, 3.8) is 0 Å². The van der Waals surface area contributed by atoms with Crippen LogP contribution in [-0.4, -0.2) is 92.2 Å². The van der Waals surface area contributed by atoms with E-state index in [1.807, 2.05) is 44.0 Å². The lowest BCUT2D eigenvalue weighted by atomic mass is 10.00. The third-order valence-corrected chi connectivity index (χ3v) is 10.4. The largest absolute Gasteiger partial charge is 0.476 e. The molecule has 1 unspecified atom stereocenters. The number of rotatable bonds is 16. The molecule has 0 aliphatic carbocycles. The molecule has 1 aliphatic heterocycles. The molecule has 0 radical (unpaired) electrons. The molecule has 10 nitrogen and oxygen atoms in total. The molecule has 1 N–H and O–H groups in total. The van der Waals surface area contributed by atoms with Gasteiger partial charge in [-0.05, 0) is 69.5 Å². The topological polar surface area (TPSA) is 114 Å². The van der Waals surface area contributed by atoms with Crippen molar-refractivity contribution >= 4 is 34.2 Å². The predicted octanol–water partition coefficient (Wildman–Crippen LogP) is 5.47. The zero-order valence-corrected chi connectivity index (χ0v) is 28.7. The molecule has 0 saturated carbocycles. The second-order valence-electron chi connectivity index (χ2n) is 11.9. The van der Waals surface area contributed by atoms with Crippen LogP contribution in [0.5, 0.6) is 5.88 Å². The number of nitrogens with zero attached hydrogens (tertiary/aromatic N) is 4. The summed E-state index contributed by atoms with van der Waals surface area (Å²) in [6.45, 7) is 12.5. The SMILES string of the molecule is COCCN1CCC(SN(C)[C@@H](COc2cc(-c3c(C)cccc3C)nc(NS(=O)(=O)c3cccc(C=O)c3)n2)CC(C)C)C1. The van der Waals surface area contributed by atoms with Crippen molar-refractivity contribution in [3.05, 3.63) is 65.2 Å². The number of methoxy groups -OCH3 is 1. The quantitative estimate of drug-likeness (QED) is 0.158. The number of aryl methyl sites for hydroxylation is 2. The molecule has 0 bridgehead atoms. The molecule has 0 spiro atoms. The first-order valence-corrected chi connectivity index (χ1v) is 17.6. The predicted molar refractivity (Wildman–Crippen MR) is 180 cm³/mol. The lowest BCUT2D eigenvalue weighted by Gasteiger charge is -2.30. The highest BCUT2D eigenvalue weighted by atomic mass is 32.2. The minimum Gasteiger partial charge on any atom is -0.476 e. The number of aldehydes is 1. The van der Waals surface area contributed by atoms with Gasteiger partial charge in [0.25, 0.3) is 10.0 Å². The third kappa shape index (κ3) is 9.73. The van der Waals surface area contributed by atoms with Gasteiger partial charge >= 0.3 is 0 Å². The normalized spacial score (nSPS) is 16.3. The number of likely N-dealkylation sites (tertiary alicyclic amines) is 1. The molecular formula is C33H45N5O5S2. The highest BCUT2D eigenvalue weighted by molar-refractivity contribution is 7.97. The van der Waals surface area contributed by atoms with E-state index < -0.39 is 10.0 Å². The number of carbonyl (C=O) groups excluding carboxylic acids is 1. The summed E-state index contributed by atoms with van der Waals surface area (Å²) in [6, 6.07) is 13.6. The van der Waals surface area contributed by atoms with E-state index in [0.29, 0.717) is 29.8 Å². The van der Waals surface area contributed by atoms with Crippen LogP contribution in [0.4, 0.5) is 5.95 Å². The van der Waals surface area contributed by atoms with Gasteiger partial charge in [0.1, 0.15) is 12.9 Å². The average molecular weight is 656 g/mol. The Morgan fingerprint density at radius 2 is 1.87 bits per heavy atom.